The quantitative estimate of drug-likeness (QED) is 0.202. The maximum atomic E-state index is 12.9. The summed E-state index contributed by atoms with van der Waals surface area (Å²) in [6.45, 7) is 0. The molecular formula is C33H35N7O2S2. The second-order valence-corrected chi connectivity index (χ2v) is 13.8. The van der Waals surface area contributed by atoms with Crippen LogP contribution in [0.1, 0.15) is 108 Å². The highest BCUT2D eigenvalue weighted by Crippen LogP contribution is 2.43. The Morgan fingerprint density at radius 3 is 1.91 bits per heavy atom. The molecule has 2 aliphatic carbocycles. The van der Waals surface area contributed by atoms with Crippen molar-refractivity contribution in [2.75, 3.05) is 10.6 Å². The summed E-state index contributed by atoms with van der Waals surface area (Å²) in [7, 11) is 0. The first-order valence-electron chi connectivity index (χ1n) is 15.4. The highest BCUT2D eigenvalue weighted by molar-refractivity contribution is 7.15. The van der Waals surface area contributed by atoms with Gasteiger partial charge < -0.3 is 10.6 Å². The van der Waals surface area contributed by atoms with Crippen molar-refractivity contribution in [1.29, 1.82) is 5.26 Å². The highest BCUT2D eigenvalue weighted by Gasteiger charge is 2.29. The summed E-state index contributed by atoms with van der Waals surface area (Å²) in [6.07, 6.45) is 10.8. The van der Waals surface area contributed by atoms with E-state index in [-0.39, 0.29) is 30.1 Å². The van der Waals surface area contributed by atoms with Crippen LogP contribution in [-0.2, 0) is 22.4 Å². The first-order valence-corrected chi connectivity index (χ1v) is 17.0. The van der Waals surface area contributed by atoms with Crippen molar-refractivity contribution in [3.8, 4) is 6.07 Å². The molecule has 226 valence electrons. The maximum absolute atomic E-state index is 12.9. The van der Waals surface area contributed by atoms with Gasteiger partial charge in [-0.25, -0.2) is 0 Å². The second-order valence-electron chi connectivity index (χ2n) is 11.8. The van der Waals surface area contributed by atoms with Crippen molar-refractivity contribution >= 4 is 44.8 Å². The summed E-state index contributed by atoms with van der Waals surface area (Å²) in [4.78, 5) is 25.4. The molecule has 2 aliphatic rings. The lowest BCUT2D eigenvalue weighted by Crippen LogP contribution is -2.14. The molecular weight excluding hydrogens is 591 g/mol. The number of nitrogens with zero attached hydrogens (tertiary/aromatic N) is 5. The van der Waals surface area contributed by atoms with Gasteiger partial charge in [0.25, 0.3) is 0 Å². The van der Waals surface area contributed by atoms with Gasteiger partial charge in [-0.1, -0.05) is 84.8 Å². The SMILES string of the molecule is N#Cc1cccc(CC(=O)Nc2nnc([C@H]3CCC[C@H](c4nnc(NC(=O)Cc5cccc(C6CCCCC6)c5)s4)C3)s2)c1. The van der Waals surface area contributed by atoms with E-state index < -0.39 is 0 Å². The maximum Gasteiger partial charge on any atom is 0.230 e. The van der Waals surface area contributed by atoms with Crippen LogP contribution < -0.4 is 10.6 Å². The van der Waals surface area contributed by atoms with Crippen LogP contribution in [0.2, 0.25) is 0 Å². The summed E-state index contributed by atoms with van der Waals surface area (Å²) in [6, 6.07) is 17.6. The third-order valence-electron chi connectivity index (χ3n) is 8.56. The van der Waals surface area contributed by atoms with Gasteiger partial charge in [-0.05, 0) is 66.8 Å². The molecule has 0 aliphatic heterocycles. The van der Waals surface area contributed by atoms with Crippen LogP contribution in [0.4, 0.5) is 10.3 Å². The third kappa shape index (κ3) is 7.73. The van der Waals surface area contributed by atoms with Gasteiger partial charge in [0.05, 0.1) is 24.5 Å². The number of hydrogen-bond acceptors (Lipinski definition) is 9. The lowest BCUT2D eigenvalue weighted by Gasteiger charge is -2.25. The van der Waals surface area contributed by atoms with E-state index in [1.54, 1.807) is 18.2 Å². The van der Waals surface area contributed by atoms with Crippen LogP contribution in [0.5, 0.6) is 0 Å². The Bertz CT molecular complexity index is 1650. The largest absolute Gasteiger partial charge is 0.300 e. The smallest absolute Gasteiger partial charge is 0.230 e. The molecule has 9 nitrogen and oxygen atoms in total. The first-order chi connectivity index (χ1) is 21.5. The zero-order valence-electron chi connectivity index (χ0n) is 24.5. The van der Waals surface area contributed by atoms with Crippen LogP contribution in [0.15, 0.2) is 48.5 Å². The molecule has 11 heteroatoms. The number of nitriles is 1. The van der Waals surface area contributed by atoms with Crippen LogP contribution in [0.25, 0.3) is 0 Å². The van der Waals surface area contributed by atoms with E-state index in [2.05, 4.69) is 55.3 Å². The van der Waals surface area contributed by atoms with E-state index in [0.29, 0.717) is 28.2 Å². The zero-order valence-corrected chi connectivity index (χ0v) is 26.1. The van der Waals surface area contributed by atoms with Crippen LogP contribution in [0, 0.1) is 11.3 Å². The molecule has 6 rings (SSSR count). The summed E-state index contributed by atoms with van der Waals surface area (Å²) in [5, 5.41) is 35.1. The predicted octanol–water partition coefficient (Wildman–Crippen LogP) is 7.11. The van der Waals surface area contributed by atoms with E-state index >= 15 is 0 Å². The monoisotopic (exact) mass is 625 g/mol. The van der Waals surface area contributed by atoms with Crippen molar-refractivity contribution < 1.29 is 9.59 Å². The van der Waals surface area contributed by atoms with Crippen molar-refractivity contribution in [2.45, 2.75) is 88.4 Å². The topological polar surface area (TPSA) is 134 Å². The van der Waals surface area contributed by atoms with Gasteiger partial charge in [0.15, 0.2) is 0 Å². The molecule has 2 amide bonds. The number of amides is 2. The Morgan fingerprint density at radius 2 is 1.30 bits per heavy atom. The third-order valence-corrected chi connectivity index (χ3v) is 10.6. The van der Waals surface area contributed by atoms with E-state index in [1.807, 2.05) is 12.1 Å². The fraction of sp³-hybridized carbons (Fsp3) is 0.424. The standard InChI is InChI=1S/C33H35N7O2S2/c34-20-23-9-4-7-21(15-23)17-28(41)35-32-39-37-30(43-32)26-13-6-14-27(19-26)31-38-40-33(44-31)36-29(42)18-22-8-5-12-25(16-22)24-10-2-1-3-11-24/h4-5,7-9,12,15-16,24,26-27H,1-3,6,10-11,13-14,17-19H2,(H,35,39,41)(H,36,40,42)/t26-,27-/m0/s1. The number of carbonyl (C=O) groups excluding carboxylic acids is 2. The number of carbonyl (C=O) groups is 2. The summed E-state index contributed by atoms with van der Waals surface area (Å²) >= 11 is 2.87. The average Bonchev–Trinajstić information content (AvgIpc) is 3.72. The molecule has 2 N–H and O–H groups in total. The normalized spacial score (nSPS) is 18.8. The Hall–Kier alpha value is -4.01. The Morgan fingerprint density at radius 1 is 0.727 bits per heavy atom. The molecule has 4 aromatic rings. The van der Waals surface area contributed by atoms with Crippen molar-refractivity contribution in [3.05, 3.63) is 80.8 Å². The second kappa shape index (κ2) is 14.2. The molecule has 2 atom stereocenters. The number of hydrogen-bond donors (Lipinski definition) is 2. The van der Waals surface area contributed by atoms with Gasteiger partial charge >= 0.3 is 0 Å². The molecule has 0 saturated heterocycles. The number of aromatic nitrogens is 4. The average molecular weight is 626 g/mol. The van der Waals surface area contributed by atoms with Crippen molar-refractivity contribution in [3.63, 3.8) is 0 Å². The Labute approximate surface area is 265 Å². The molecule has 2 saturated carbocycles. The summed E-state index contributed by atoms with van der Waals surface area (Å²) in [5.41, 5.74) is 3.69. The van der Waals surface area contributed by atoms with E-state index in [4.69, 9.17) is 5.26 Å². The van der Waals surface area contributed by atoms with Gasteiger partial charge in [0.1, 0.15) is 10.0 Å². The summed E-state index contributed by atoms with van der Waals surface area (Å²) < 4.78 is 0. The molecule has 0 spiro atoms. The summed E-state index contributed by atoms with van der Waals surface area (Å²) in [5.74, 6) is 0.809. The van der Waals surface area contributed by atoms with Gasteiger partial charge in [-0.15, -0.1) is 20.4 Å². The van der Waals surface area contributed by atoms with E-state index in [0.717, 1.165) is 46.8 Å². The number of rotatable bonds is 9. The lowest BCUT2D eigenvalue weighted by atomic mass is 9.82. The fourth-order valence-electron chi connectivity index (χ4n) is 6.38. The van der Waals surface area contributed by atoms with Gasteiger partial charge in [-0.2, -0.15) is 5.26 Å². The number of nitrogens with one attached hydrogen (secondary N) is 2. The highest BCUT2D eigenvalue weighted by atomic mass is 32.1. The minimum Gasteiger partial charge on any atom is -0.300 e. The molecule has 2 heterocycles. The lowest BCUT2D eigenvalue weighted by molar-refractivity contribution is -0.116. The Kier molecular flexibility index (Phi) is 9.68. The van der Waals surface area contributed by atoms with Gasteiger partial charge in [0, 0.05) is 11.8 Å². The number of anilines is 2. The molecule has 44 heavy (non-hydrogen) atoms. The van der Waals surface area contributed by atoms with Crippen LogP contribution >= 0.6 is 22.7 Å². The van der Waals surface area contributed by atoms with Crippen LogP contribution in [-0.4, -0.2) is 32.2 Å². The molecule has 0 unspecified atom stereocenters. The van der Waals surface area contributed by atoms with Crippen molar-refractivity contribution in [1.82, 2.24) is 20.4 Å². The molecule has 2 aromatic heterocycles. The molecule has 2 aromatic carbocycles. The Balaban J connectivity index is 1.01. The molecule has 0 bridgehead atoms. The fourth-order valence-corrected chi connectivity index (χ4v) is 8.19. The zero-order chi connectivity index (χ0) is 30.3. The predicted molar refractivity (Wildman–Crippen MR) is 172 cm³/mol. The number of benzene rings is 2. The van der Waals surface area contributed by atoms with E-state index in [1.165, 1.54) is 60.3 Å². The van der Waals surface area contributed by atoms with Gasteiger partial charge in [-0.3, -0.25) is 9.59 Å². The van der Waals surface area contributed by atoms with Crippen LogP contribution in [0.3, 0.4) is 0 Å². The molecule has 0 radical (unpaired) electrons. The minimum absolute atomic E-state index is 0.0729. The van der Waals surface area contributed by atoms with E-state index in [9.17, 15) is 9.59 Å². The minimum atomic E-state index is -0.190. The molecule has 2 fully saturated rings. The first kappa shape index (κ1) is 30.0. The van der Waals surface area contributed by atoms with Gasteiger partial charge in [0.2, 0.25) is 22.1 Å². The van der Waals surface area contributed by atoms with Crippen molar-refractivity contribution in [2.24, 2.45) is 0 Å².